The van der Waals surface area contributed by atoms with E-state index in [1.165, 1.54) is 16.8 Å². The fourth-order valence-corrected chi connectivity index (χ4v) is 3.27. The first-order chi connectivity index (χ1) is 11.5. The molecule has 24 heavy (non-hydrogen) atoms. The van der Waals surface area contributed by atoms with Crippen LogP contribution in [0.5, 0.6) is 0 Å². The Bertz CT molecular complexity index is 937. The normalized spacial score (nSPS) is 11.3. The van der Waals surface area contributed by atoms with Crippen LogP contribution in [0.3, 0.4) is 0 Å². The number of thiazole rings is 1. The summed E-state index contributed by atoms with van der Waals surface area (Å²) < 4.78 is 1.52. The van der Waals surface area contributed by atoms with E-state index in [4.69, 9.17) is 0 Å². The van der Waals surface area contributed by atoms with Gasteiger partial charge in [-0.25, -0.2) is 14.5 Å². The molecule has 0 aliphatic carbocycles. The summed E-state index contributed by atoms with van der Waals surface area (Å²) in [5.74, 6) is 0.207. The zero-order valence-corrected chi connectivity index (χ0v) is 14.6. The first-order valence-corrected chi connectivity index (χ1v) is 8.63. The highest BCUT2D eigenvalue weighted by Crippen LogP contribution is 2.19. The molecule has 0 aromatic carbocycles. The van der Waals surface area contributed by atoms with E-state index < -0.39 is 0 Å². The minimum atomic E-state index is -0.243. The number of hydrogen-bond donors (Lipinski definition) is 2. The molecule has 0 aliphatic heterocycles. The van der Waals surface area contributed by atoms with E-state index in [-0.39, 0.29) is 11.5 Å². The van der Waals surface area contributed by atoms with Crippen molar-refractivity contribution in [2.75, 3.05) is 6.54 Å². The number of carbonyl (C=O) groups is 1. The van der Waals surface area contributed by atoms with E-state index in [0.29, 0.717) is 35.8 Å². The summed E-state index contributed by atoms with van der Waals surface area (Å²) in [5, 5.41) is 8.65. The van der Waals surface area contributed by atoms with Crippen molar-refractivity contribution in [2.45, 2.75) is 33.1 Å². The highest BCUT2D eigenvalue weighted by molar-refractivity contribution is 7.09. The second-order valence-corrected chi connectivity index (χ2v) is 6.80. The molecule has 0 saturated carbocycles. The Morgan fingerprint density at radius 3 is 2.96 bits per heavy atom. The molecule has 0 saturated heterocycles. The summed E-state index contributed by atoms with van der Waals surface area (Å²) in [6.45, 7) is 6.50. The quantitative estimate of drug-likeness (QED) is 0.738. The van der Waals surface area contributed by atoms with Crippen LogP contribution in [0, 0.1) is 6.92 Å². The Balaban J connectivity index is 1.66. The molecule has 0 aliphatic rings. The van der Waals surface area contributed by atoms with Crippen LogP contribution in [0.1, 0.15) is 46.5 Å². The first-order valence-electron chi connectivity index (χ1n) is 7.75. The molecular formula is C16H19N5O2S. The van der Waals surface area contributed by atoms with Crippen molar-refractivity contribution in [3.63, 3.8) is 0 Å². The fourth-order valence-electron chi connectivity index (χ4n) is 2.40. The number of amides is 1. The van der Waals surface area contributed by atoms with Crippen molar-refractivity contribution in [1.82, 2.24) is 24.9 Å². The Hall–Kier alpha value is -2.48. The van der Waals surface area contributed by atoms with E-state index >= 15 is 0 Å². The van der Waals surface area contributed by atoms with Crippen molar-refractivity contribution in [1.29, 1.82) is 0 Å². The predicted molar refractivity (Wildman–Crippen MR) is 92.8 cm³/mol. The average molecular weight is 345 g/mol. The average Bonchev–Trinajstić information content (AvgIpc) is 3.14. The second-order valence-electron chi connectivity index (χ2n) is 5.91. The Labute approximate surface area is 142 Å². The molecule has 0 atom stereocenters. The van der Waals surface area contributed by atoms with Crippen molar-refractivity contribution >= 4 is 22.9 Å². The van der Waals surface area contributed by atoms with Crippen molar-refractivity contribution < 1.29 is 4.79 Å². The number of hydrogen-bond acceptors (Lipinski definition) is 5. The molecule has 0 unspecified atom stereocenters. The second kappa shape index (κ2) is 6.56. The van der Waals surface area contributed by atoms with Gasteiger partial charge in [0.1, 0.15) is 0 Å². The molecule has 3 rings (SSSR count). The van der Waals surface area contributed by atoms with Gasteiger partial charge in [0.05, 0.1) is 22.0 Å². The highest BCUT2D eigenvalue weighted by Gasteiger charge is 2.13. The van der Waals surface area contributed by atoms with Crippen LogP contribution in [0.15, 0.2) is 22.4 Å². The number of nitrogens with zero attached hydrogens (tertiary/aromatic N) is 3. The van der Waals surface area contributed by atoms with Gasteiger partial charge < -0.3 is 5.32 Å². The zero-order chi connectivity index (χ0) is 17.3. The van der Waals surface area contributed by atoms with E-state index in [9.17, 15) is 9.59 Å². The molecule has 126 valence electrons. The zero-order valence-electron chi connectivity index (χ0n) is 13.8. The molecule has 3 aromatic heterocycles. The van der Waals surface area contributed by atoms with E-state index in [1.807, 2.05) is 5.38 Å². The topological polar surface area (TPSA) is 92.2 Å². The third-order valence-corrected chi connectivity index (χ3v) is 4.93. The van der Waals surface area contributed by atoms with Crippen LogP contribution in [-0.4, -0.2) is 32.0 Å². The molecule has 2 N–H and O–H groups in total. The lowest BCUT2D eigenvalue weighted by Crippen LogP contribution is -2.27. The third-order valence-electron chi connectivity index (χ3n) is 3.74. The maximum atomic E-state index is 12.3. The molecule has 0 fully saturated rings. The maximum Gasteiger partial charge on any atom is 0.266 e. The largest absolute Gasteiger partial charge is 0.352 e. The minimum absolute atomic E-state index is 0.212. The fraction of sp³-hybridized carbons (Fsp3) is 0.375. The number of aromatic nitrogens is 4. The molecule has 1 amide bonds. The van der Waals surface area contributed by atoms with Crippen LogP contribution in [0.25, 0.3) is 5.65 Å². The molecule has 7 nitrogen and oxygen atoms in total. The molecular weight excluding hydrogens is 326 g/mol. The Morgan fingerprint density at radius 2 is 2.25 bits per heavy atom. The lowest BCUT2D eigenvalue weighted by atomic mass is 10.2. The van der Waals surface area contributed by atoms with Crippen molar-refractivity contribution in [3.8, 4) is 0 Å². The minimum Gasteiger partial charge on any atom is -0.352 e. The molecule has 0 spiro atoms. The monoisotopic (exact) mass is 345 g/mol. The van der Waals surface area contributed by atoms with Gasteiger partial charge >= 0.3 is 0 Å². The summed E-state index contributed by atoms with van der Waals surface area (Å²) in [7, 11) is 0. The van der Waals surface area contributed by atoms with E-state index in [0.717, 1.165) is 10.7 Å². The molecule has 8 heteroatoms. The van der Waals surface area contributed by atoms with Gasteiger partial charge in [-0.15, -0.1) is 11.3 Å². The van der Waals surface area contributed by atoms with Crippen LogP contribution in [0.4, 0.5) is 0 Å². The van der Waals surface area contributed by atoms with Crippen LogP contribution >= 0.6 is 11.3 Å². The van der Waals surface area contributed by atoms with Gasteiger partial charge in [0.25, 0.3) is 11.5 Å². The van der Waals surface area contributed by atoms with Gasteiger partial charge in [-0.3, -0.25) is 14.7 Å². The standard InChI is InChI=1S/C16H19N5O2S/c1-9(2)16-19-11(8-24-16)4-5-17-15(23)12-7-18-13-6-14(22)20-21(13)10(12)3/h6-9H,4-5H2,1-3H3,(H,17,23)(H,20,22). The number of H-pyrrole nitrogens is 1. The van der Waals surface area contributed by atoms with Crippen molar-refractivity contribution in [3.05, 3.63) is 50.0 Å². The summed E-state index contributed by atoms with van der Waals surface area (Å²) in [5.41, 5.74) is 2.33. The predicted octanol–water partition coefficient (Wildman–Crippen LogP) is 1.88. The maximum absolute atomic E-state index is 12.3. The first kappa shape index (κ1) is 16.4. The lowest BCUT2D eigenvalue weighted by molar-refractivity contribution is 0.0952. The lowest BCUT2D eigenvalue weighted by Gasteiger charge is -2.08. The molecule has 0 bridgehead atoms. The highest BCUT2D eigenvalue weighted by atomic mass is 32.1. The van der Waals surface area contributed by atoms with Gasteiger partial charge in [0, 0.05) is 36.5 Å². The van der Waals surface area contributed by atoms with Crippen LogP contribution < -0.4 is 10.9 Å². The molecule has 3 heterocycles. The summed E-state index contributed by atoms with van der Waals surface area (Å²) in [6.07, 6.45) is 2.18. The summed E-state index contributed by atoms with van der Waals surface area (Å²) in [6, 6.07) is 1.39. The van der Waals surface area contributed by atoms with Gasteiger partial charge in [0.15, 0.2) is 5.65 Å². The number of carbonyl (C=O) groups excluding carboxylic acids is 1. The summed E-state index contributed by atoms with van der Waals surface area (Å²) >= 11 is 1.65. The Morgan fingerprint density at radius 1 is 1.46 bits per heavy atom. The number of rotatable bonds is 5. The smallest absolute Gasteiger partial charge is 0.266 e. The third kappa shape index (κ3) is 3.23. The number of nitrogens with one attached hydrogen (secondary N) is 2. The number of aromatic amines is 1. The SMILES string of the molecule is Cc1c(C(=O)NCCc2csc(C(C)C)n2)cnc2cc(=O)[nH]n12. The van der Waals surface area contributed by atoms with Crippen LogP contribution in [0.2, 0.25) is 0 Å². The number of aryl methyl sites for hydroxylation is 1. The Kier molecular flexibility index (Phi) is 4.48. The van der Waals surface area contributed by atoms with Gasteiger partial charge in [-0.2, -0.15) is 0 Å². The molecule has 3 aromatic rings. The van der Waals surface area contributed by atoms with E-state index in [1.54, 1.807) is 18.3 Å². The molecule has 0 radical (unpaired) electrons. The number of fused-ring (bicyclic) bond motifs is 1. The summed E-state index contributed by atoms with van der Waals surface area (Å²) in [4.78, 5) is 32.4. The van der Waals surface area contributed by atoms with Gasteiger partial charge in [0.2, 0.25) is 0 Å². The van der Waals surface area contributed by atoms with Gasteiger partial charge in [-0.1, -0.05) is 13.8 Å². The van der Waals surface area contributed by atoms with Crippen LogP contribution in [-0.2, 0) is 6.42 Å². The van der Waals surface area contributed by atoms with Crippen molar-refractivity contribution in [2.24, 2.45) is 0 Å². The van der Waals surface area contributed by atoms with Gasteiger partial charge in [-0.05, 0) is 6.92 Å². The van der Waals surface area contributed by atoms with E-state index in [2.05, 4.69) is 34.2 Å².